The van der Waals surface area contributed by atoms with Crippen molar-refractivity contribution in [1.29, 1.82) is 5.26 Å². The summed E-state index contributed by atoms with van der Waals surface area (Å²) in [7, 11) is 0. The summed E-state index contributed by atoms with van der Waals surface area (Å²) < 4.78 is 6.14. The summed E-state index contributed by atoms with van der Waals surface area (Å²) in [6, 6.07) is 7.64. The van der Waals surface area contributed by atoms with Crippen molar-refractivity contribution in [1.82, 2.24) is 0 Å². The Morgan fingerprint density at radius 1 is 1.59 bits per heavy atom. The van der Waals surface area contributed by atoms with Crippen LogP contribution >= 0.6 is 15.9 Å². The highest BCUT2D eigenvalue weighted by molar-refractivity contribution is 9.10. The second kappa shape index (κ2) is 5.30. The average Bonchev–Trinajstić information content (AvgIpc) is 2.38. The van der Waals surface area contributed by atoms with Crippen molar-refractivity contribution in [3.63, 3.8) is 0 Å². The number of hydrogen-bond acceptors (Lipinski definition) is 4. The average molecular weight is 295 g/mol. The fraction of sp³-hybridized carbons (Fsp3) is 0.333. The van der Waals surface area contributed by atoms with E-state index in [2.05, 4.69) is 22.0 Å². The number of anilines is 1. The van der Waals surface area contributed by atoms with E-state index in [0.29, 0.717) is 25.3 Å². The predicted molar refractivity (Wildman–Crippen MR) is 67.1 cm³/mol. The Labute approximate surface area is 108 Å². The highest BCUT2D eigenvalue weighted by Gasteiger charge is 2.21. The summed E-state index contributed by atoms with van der Waals surface area (Å²) in [6.07, 6.45) is 0.406. The molecule has 88 valence electrons. The predicted octanol–water partition coefficient (Wildman–Crippen LogP) is 1.99. The van der Waals surface area contributed by atoms with Crippen LogP contribution in [0.2, 0.25) is 0 Å². The molecule has 1 atom stereocenters. The van der Waals surface area contributed by atoms with Crippen LogP contribution in [-0.2, 0) is 4.74 Å². The molecule has 2 rings (SSSR count). The van der Waals surface area contributed by atoms with Gasteiger partial charge in [0.2, 0.25) is 0 Å². The molecule has 1 saturated heterocycles. The lowest BCUT2D eigenvalue weighted by Gasteiger charge is -2.32. The molecule has 0 radical (unpaired) electrons. The minimum absolute atomic E-state index is 0.424. The van der Waals surface area contributed by atoms with E-state index < -0.39 is 6.10 Å². The molecule has 5 heteroatoms. The van der Waals surface area contributed by atoms with Crippen molar-refractivity contribution in [2.45, 2.75) is 6.10 Å². The summed E-state index contributed by atoms with van der Waals surface area (Å²) in [6.45, 7) is 1.70. The van der Waals surface area contributed by atoms with Crippen LogP contribution in [0, 0.1) is 11.3 Å². The van der Waals surface area contributed by atoms with Gasteiger partial charge in [-0.15, -0.1) is 0 Å². The quantitative estimate of drug-likeness (QED) is 0.783. The van der Waals surface area contributed by atoms with E-state index in [4.69, 9.17) is 10.00 Å². The van der Waals surface area contributed by atoms with Gasteiger partial charge >= 0.3 is 0 Å². The summed E-state index contributed by atoms with van der Waals surface area (Å²) in [4.78, 5) is 13.0. The Morgan fingerprint density at radius 2 is 2.41 bits per heavy atom. The number of carbonyl (C=O) groups excluding carboxylic acids is 1. The van der Waals surface area contributed by atoms with E-state index in [9.17, 15) is 4.79 Å². The molecule has 0 amide bonds. The molecule has 1 aliphatic heterocycles. The molecule has 0 N–H and O–H groups in total. The van der Waals surface area contributed by atoms with Crippen molar-refractivity contribution < 1.29 is 9.53 Å². The second-order valence-corrected chi connectivity index (χ2v) is 4.67. The van der Waals surface area contributed by atoms with E-state index in [1.807, 2.05) is 17.0 Å². The van der Waals surface area contributed by atoms with Crippen LogP contribution in [0.5, 0.6) is 0 Å². The van der Waals surface area contributed by atoms with Crippen molar-refractivity contribution >= 4 is 27.9 Å². The molecule has 1 aliphatic rings. The van der Waals surface area contributed by atoms with Crippen LogP contribution in [0.3, 0.4) is 0 Å². The lowest BCUT2D eigenvalue weighted by atomic mass is 10.1. The lowest BCUT2D eigenvalue weighted by molar-refractivity contribution is 0.0763. The molecule has 1 fully saturated rings. The minimum atomic E-state index is -0.424. The van der Waals surface area contributed by atoms with Crippen LogP contribution in [0.15, 0.2) is 22.7 Å². The van der Waals surface area contributed by atoms with Crippen LogP contribution in [0.4, 0.5) is 5.69 Å². The highest BCUT2D eigenvalue weighted by Crippen LogP contribution is 2.24. The van der Waals surface area contributed by atoms with Gasteiger partial charge in [0.1, 0.15) is 0 Å². The molecular formula is C12H11BrN2O2. The number of carbonyl (C=O) groups is 1. The van der Waals surface area contributed by atoms with Crippen molar-refractivity contribution in [2.24, 2.45) is 0 Å². The lowest BCUT2D eigenvalue weighted by Crippen LogP contribution is -2.42. The zero-order valence-electron chi connectivity index (χ0n) is 9.10. The Bertz CT molecular complexity index is 470. The van der Waals surface area contributed by atoms with Gasteiger partial charge in [0.05, 0.1) is 19.2 Å². The molecule has 0 saturated carbocycles. The van der Waals surface area contributed by atoms with Gasteiger partial charge < -0.3 is 9.64 Å². The van der Waals surface area contributed by atoms with Gasteiger partial charge in [-0.05, 0) is 18.2 Å². The summed E-state index contributed by atoms with van der Waals surface area (Å²) in [5.74, 6) is 0. The van der Waals surface area contributed by atoms with Gasteiger partial charge in [-0.2, -0.15) is 5.26 Å². The van der Waals surface area contributed by atoms with Crippen LogP contribution < -0.4 is 4.90 Å². The van der Waals surface area contributed by atoms with E-state index in [1.165, 1.54) is 0 Å². The number of nitriles is 1. The number of nitrogens with zero attached hydrogens (tertiary/aromatic N) is 2. The van der Waals surface area contributed by atoms with Gasteiger partial charge in [-0.1, -0.05) is 15.9 Å². The third-order valence-corrected chi connectivity index (χ3v) is 3.16. The number of morpholine rings is 1. The van der Waals surface area contributed by atoms with Gasteiger partial charge in [0.25, 0.3) is 0 Å². The fourth-order valence-corrected chi connectivity index (χ4v) is 2.23. The molecule has 4 nitrogen and oxygen atoms in total. The van der Waals surface area contributed by atoms with Crippen LogP contribution in [-0.4, -0.2) is 32.1 Å². The summed E-state index contributed by atoms with van der Waals surface area (Å²) >= 11 is 3.33. The summed E-state index contributed by atoms with van der Waals surface area (Å²) in [5.41, 5.74) is 1.48. The third kappa shape index (κ3) is 2.65. The Hall–Kier alpha value is -1.38. The number of halogens is 1. The van der Waals surface area contributed by atoms with Gasteiger partial charge in [-0.25, -0.2) is 0 Å². The SMILES string of the molecule is N#CC1CN(c2ccc(Br)cc2C=O)CCO1. The Balaban J connectivity index is 2.27. The largest absolute Gasteiger partial charge is 0.365 e. The molecule has 1 aromatic rings. The standard InChI is InChI=1S/C12H11BrN2O2/c13-10-1-2-12(9(5-10)8-16)15-3-4-17-11(6-14)7-15/h1-2,5,8,11H,3-4,7H2. The smallest absolute Gasteiger partial charge is 0.161 e. The van der Waals surface area contributed by atoms with Crippen LogP contribution in [0.25, 0.3) is 0 Å². The van der Waals surface area contributed by atoms with E-state index >= 15 is 0 Å². The number of aldehydes is 1. The zero-order valence-corrected chi connectivity index (χ0v) is 10.7. The number of hydrogen-bond donors (Lipinski definition) is 0. The number of rotatable bonds is 2. The first-order valence-electron chi connectivity index (χ1n) is 5.25. The monoisotopic (exact) mass is 294 g/mol. The Kier molecular flexibility index (Phi) is 3.77. The normalized spacial score (nSPS) is 19.8. The maximum Gasteiger partial charge on any atom is 0.161 e. The van der Waals surface area contributed by atoms with Gasteiger partial charge in [-0.3, -0.25) is 4.79 Å². The van der Waals surface area contributed by atoms with Crippen molar-refractivity contribution in [3.05, 3.63) is 28.2 Å². The molecule has 1 aromatic carbocycles. The first-order chi connectivity index (χ1) is 8.24. The zero-order chi connectivity index (χ0) is 12.3. The number of ether oxygens (including phenoxy) is 1. The Morgan fingerprint density at radius 3 is 3.12 bits per heavy atom. The fourth-order valence-electron chi connectivity index (χ4n) is 1.85. The van der Waals surface area contributed by atoms with E-state index in [1.54, 1.807) is 6.07 Å². The molecule has 1 heterocycles. The number of benzene rings is 1. The molecule has 1 unspecified atom stereocenters. The molecule has 0 spiro atoms. The third-order valence-electron chi connectivity index (χ3n) is 2.67. The summed E-state index contributed by atoms with van der Waals surface area (Å²) in [5, 5.41) is 8.85. The molecule has 0 bridgehead atoms. The van der Waals surface area contributed by atoms with Gasteiger partial charge in [0.15, 0.2) is 12.4 Å². The maximum atomic E-state index is 11.0. The van der Waals surface area contributed by atoms with Crippen molar-refractivity contribution in [3.8, 4) is 6.07 Å². The highest BCUT2D eigenvalue weighted by atomic mass is 79.9. The molecular weight excluding hydrogens is 284 g/mol. The second-order valence-electron chi connectivity index (χ2n) is 3.76. The molecule has 0 aromatic heterocycles. The maximum absolute atomic E-state index is 11.0. The topological polar surface area (TPSA) is 53.3 Å². The van der Waals surface area contributed by atoms with E-state index in [-0.39, 0.29) is 0 Å². The van der Waals surface area contributed by atoms with Crippen molar-refractivity contribution in [2.75, 3.05) is 24.6 Å². The van der Waals surface area contributed by atoms with Gasteiger partial charge in [0, 0.05) is 22.3 Å². The molecule has 0 aliphatic carbocycles. The first kappa shape index (κ1) is 12.1. The minimum Gasteiger partial charge on any atom is -0.365 e. The first-order valence-corrected chi connectivity index (χ1v) is 6.05. The van der Waals surface area contributed by atoms with Crippen LogP contribution in [0.1, 0.15) is 10.4 Å². The van der Waals surface area contributed by atoms with E-state index in [0.717, 1.165) is 16.4 Å². The molecule has 17 heavy (non-hydrogen) atoms.